The van der Waals surface area contributed by atoms with Crippen LogP contribution in [0.3, 0.4) is 0 Å². The maximum Gasteiger partial charge on any atom is 0.279 e. The molecule has 1 atom stereocenters. The summed E-state index contributed by atoms with van der Waals surface area (Å²) in [6.45, 7) is 0.866. The molecule has 0 saturated heterocycles. The van der Waals surface area contributed by atoms with Gasteiger partial charge in [0.25, 0.3) is 11.8 Å². The van der Waals surface area contributed by atoms with E-state index in [2.05, 4.69) is 10.6 Å². The third-order valence-corrected chi connectivity index (χ3v) is 4.19. The molecule has 1 unspecified atom stereocenters. The Morgan fingerprint density at radius 2 is 1.88 bits per heavy atom. The predicted molar refractivity (Wildman–Crippen MR) is 100 cm³/mol. The Morgan fingerprint density at radius 3 is 2.56 bits per heavy atom. The van der Waals surface area contributed by atoms with E-state index in [0.29, 0.717) is 27.8 Å². The molecule has 0 bridgehead atoms. The van der Waals surface area contributed by atoms with Gasteiger partial charge in [0.05, 0.1) is 12.1 Å². The molecule has 7 heteroatoms. The third kappa shape index (κ3) is 5.74. The first-order valence-corrected chi connectivity index (χ1v) is 8.52. The van der Waals surface area contributed by atoms with E-state index in [-0.39, 0.29) is 18.4 Å². The average Bonchev–Trinajstić information content (AvgIpc) is 2.56. The molecule has 2 rings (SSSR count). The molecule has 2 aromatic carbocycles. The van der Waals surface area contributed by atoms with Gasteiger partial charge in [-0.3, -0.25) is 9.59 Å². The van der Waals surface area contributed by atoms with Crippen molar-refractivity contribution in [2.45, 2.75) is 6.54 Å². The molecule has 0 aliphatic carbocycles. The van der Waals surface area contributed by atoms with Crippen LogP contribution >= 0.6 is 23.2 Å². The largest absolute Gasteiger partial charge is 0.355 e. The van der Waals surface area contributed by atoms with Crippen LogP contribution in [0.4, 0.5) is 5.69 Å². The van der Waals surface area contributed by atoms with Crippen LogP contribution in [-0.2, 0) is 11.3 Å². The Hall–Kier alpha value is -2.08. The molecule has 0 fully saturated rings. The summed E-state index contributed by atoms with van der Waals surface area (Å²) < 4.78 is 0. The lowest BCUT2D eigenvalue weighted by atomic mass is 10.2. The number of likely N-dealkylation sites (N-methyl/N-ethyl adjacent to an activating group) is 1. The van der Waals surface area contributed by atoms with Gasteiger partial charge in [0.2, 0.25) is 0 Å². The van der Waals surface area contributed by atoms with Crippen molar-refractivity contribution in [3.05, 3.63) is 63.6 Å². The zero-order valence-electron chi connectivity index (χ0n) is 14.0. The number of hydrogen-bond donors (Lipinski definition) is 3. The van der Waals surface area contributed by atoms with E-state index in [0.717, 1.165) is 10.5 Å². The zero-order valence-corrected chi connectivity index (χ0v) is 15.5. The molecule has 0 heterocycles. The van der Waals surface area contributed by atoms with Crippen molar-refractivity contribution >= 4 is 40.7 Å². The summed E-state index contributed by atoms with van der Waals surface area (Å²) in [5.74, 6) is -0.340. The van der Waals surface area contributed by atoms with Crippen molar-refractivity contribution in [1.29, 1.82) is 0 Å². The standard InChI is InChI=1S/C18H19Cl2N3O2/c1-21-18(25)12-4-3-5-15(8-12)22-17(24)11-23(2)10-13-6-7-14(19)9-16(13)20/h3-9H,10-11H2,1-2H3,(H,21,25)(H,22,24)/p+1. The Bertz CT molecular complexity index is 781. The molecule has 25 heavy (non-hydrogen) atoms. The molecule has 0 radical (unpaired) electrons. The quantitative estimate of drug-likeness (QED) is 0.717. The maximum atomic E-state index is 12.2. The fraction of sp³-hybridized carbons (Fsp3) is 0.222. The van der Waals surface area contributed by atoms with Gasteiger partial charge in [0.1, 0.15) is 6.54 Å². The minimum atomic E-state index is -0.198. The summed E-state index contributed by atoms with van der Waals surface area (Å²) in [6, 6.07) is 12.1. The number of benzene rings is 2. The second-order valence-corrected chi connectivity index (χ2v) is 6.60. The first-order valence-electron chi connectivity index (χ1n) is 7.76. The highest BCUT2D eigenvalue weighted by atomic mass is 35.5. The number of amides is 2. The smallest absolute Gasteiger partial charge is 0.279 e. The number of nitrogens with one attached hydrogen (secondary N) is 3. The van der Waals surface area contributed by atoms with Crippen molar-refractivity contribution in [3.8, 4) is 0 Å². The van der Waals surface area contributed by atoms with Crippen molar-refractivity contribution in [1.82, 2.24) is 5.32 Å². The number of hydrogen-bond acceptors (Lipinski definition) is 2. The third-order valence-electron chi connectivity index (χ3n) is 3.61. The van der Waals surface area contributed by atoms with E-state index in [4.69, 9.17) is 23.2 Å². The van der Waals surface area contributed by atoms with Crippen molar-refractivity contribution in [3.63, 3.8) is 0 Å². The van der Waals surface area contributed by atoms with Gasteiger partial charge in [-0.2, -0.15) is 0 Å². The summed E-state index contributed by atoms with van der Waals surface area (Å²) >= 11 is 12.1. The van der Waals surface area contributed by atoms with Gasteiger partial charge in [-0.1, -0.05) is 35.3 Å². The summed E-state index contributed by atoms with van der Waals surface area (Å²) in [5.41, 5.74) is 2.01. The van der Waals surface area contributed by atoms with Crippen molar-refractivity contribution in [2.75, 3.05) is 26.0 Å². The van der Waals surface area contributed by atoms with Crippen molar-refractivity contribution in [2.24, 2.45) is 0 Å². The van der Waals surface area contributed by atoms with Crippen LogP contribution in [0.15, 0.2) is 42.5 Å². The molecule has 132 valence electrons. The van der Waals surface area contributed by atoms with Gasteiger partial charge in [-0.05, 0) is 30.3 Å². The van der Waals surface area contributed by atoms with Crippen LogP contribution in [0.1, 0.15) is 15.9 Å². The number of anilines is 1. The van der Waals surface area contributed by atoms with Crippen LogP contribution in [0.25, 0.3) is 0 Å². The Labute approximate surface area is 156 Å². The first-order chi connectivity index (χ1) is 11.9. The molecule has 3 N–H and O–H groups in total. The molecule has 0 aliphatic rings. The van der Waals surface area contributed by atoms with Crippen LogP contribution in [0.2, 0.25) is 10.0 Å². The zero-order chi connectivity index (χ0) is 18.4. The highest BCUT2D eigenvalue weighted by molar-refractivity contribution is 6.35. The molecule has 0 spiro atoms. The molecule has 5 nitrogen and oxygen atoms in total. The maximum absolute atomic E-state index is 12.2. The van der Waals surface area contributed by atoms with Crippen LogP contribution in [0, 0.1) is 0 Å². The molecule has 0 aliphatic heterocycles. The van der Waals surface area contributed by atoms with Gasteiger partial charge in [-0.15, -0.1) is 0 Å². The lowest BCUT2D eigenvalue weighted by Crippen LogP contribution is -3.08. The molecule has 2 amide bonds. The topological polar surface area (TPSA) is 62.6 Å². The number of halogens is 2. The van der Waals surface area contributed by atoms with Gasteiger partial charge in [0, 0.05) is 28.9 Å². The normalized spacial score (nSPS) is 11.7. The first kappa shape index (κ1) is 19.2. The van der Waals surface area contributed by atoms with E-state index in [9.17, 15) is 9.59 Å². The van der Waals surface area contributed by atoms with Gasteiger partial charge < -0.3 is 15.5 Å². The second-order valence-electron chi connectivity index (χ2n) is 5.75. The Kier molecular flexibility index (Phi) is 6.82. The van der Waals surface area contributed by atoms with E-state index in [1.807, 2.05) is 13.1 Å². The second kappa shape index (κ2) is 8.85. The van der Waals surface area contributed by atoms with Gasteiger partial charge >= 0.3 is 0 Å². The van der Waals surface area contributed by atoms with E-state index < -0.39 is 0 Å². The molecule has 0 saturated carbocycles. The summed E-state index contributed by atoms with van der Waals surface area (Å²) in [7, 11) is 3.47. The fourth-order valence-electron chi connectivity index (χ4n) is 2.41. The van der Waals surface area contributed by atoms with E-state index in [1.54, 1.807) is 43.4 Å². The molecular weight excluding hydrogens is 361 g/mol. The number of rotatable bonds is 6. The van der Waals surface area contributed by atoms with Gasteiger partial charge in [-0.25, -0.2) is 0 Å². The Balaban J connectivity index is 1.94. The minimum Gasteiger partial charge on any atom is -0.355 e. The highest BCUT2D eigenvalue weighted by Gasteiger charge is 2.13. The molecule has 2 aromatic rings. The monoisotopic (exact) mass is 380 g/mol. The van der Waals surface area contributed by atoms with Crippen LogP contribution < -0.4 is 15.5 Å². The minimum absolute atomic E-state index is 0.142. The Morgan fingerprint density at radius 1 is 1.12 bits per heavy atom. The lowest BCUT2D eigenvalue weighted by molar-refractivity contribution is -0.885. The fourth-order valence-corrected chi connectivity index (χ4v) is 2.89. The van der Waals surface area contributed by atoms with Crippen molar-refractivity contribution < 1.29 is 14.5 Å². The molecule has 0 aromatic heterocycles. The van der Waals surface area contributed by atoms with Crippen LogP contribution in [-0.4, -0.2) is 32.5 Å². The van der Waals surface area contributed by atoms with Gasteiger partial charge in [0.15, 0.2) is 6.54 Å². The van der Waals surface area contributed by atoms with Crippen LogP contribution in [0.5, 0.6) is 0 Å². The summed E-state index contributed by atoms with van der Waals surface area (Å²) in [5, 5.41) is 6.53. The molecular formula is C18H20Cl2N3O2+. The summed E-state index contributed by atoms with van der Waals surface area (Å²) in [6.07, 6.45) is 0. The number of carbonyl (C=O) groups excluding carboxylic acids is 2. The highest BCUT2D eigenvalue weighted by Crippen LogP contribution is 2.20. The number of carbonyl (C=O) groups is 2. The summed E-state index contributed by atoms with van der Waals surface area (Å²) in [4.78, 5) is 24.8. The number of quaternary nitrogens is 1. The van der Waals surface area contributed by atoms with E-state index in [1.165, 1.54) is 0 Å². The lowest BCUT2D eigenvalue weighted by Gasteiger charge is -2.15. The van der Waals surface area contributed by atoms with E-state index >= 15 is 0 Å². The predicted octanol–water partition coefficient (Wildman–Crippen LogP) is 2.01. The SMILES string of the molecule is CNC(=O)c1cccc(NC(=O)C[NH+](C)Cc2ccc(Cl)cc2Cl)c1. The average molecular weight is 381 g/mol.